The van der Waals surface area contributed by atoms with Crippen molar-refractivity contribution in [1.29, 1.82) is 0 Å². The second-order valence-corrected chi connectivity index (χ2v) is 23.1. The molecule has 79 heavy (non-hydrogen) atoms. The highest BCUT2D eigenvalue weighted by Crippen LogP contribution is 2.18. The maximum atomic E-state index is 12.9. The summed E-state index contributed by atoms with van der Waals surface area (Å²) in [6.45, 7) is 6.49. The lowest BCUT2D eigenvalue weighted by atomic mass is 10.0. The van der Waals surface area contributed by atoms with Crippen molar-refractivity contribution in [1.82, 2.24) is 0 Å². The van der Waals surface area contributed by atoms with Crippen LogP contribution in [0.4, 0.5) is 0 Å². The molecule has 0 spiro atoms. The van der Waals surface area contributed by atoms with Gasteiger partial charge in [-0.25, -0.2) is 0 Å². The summed E-state index contributed by atoms with van der Waals surface area (Å²) in [7, 11) is 0. The Morgan fingerprint density at radius 2 is 0.544 bits per heavy atom. The first-order valence-corrected chi connectivity index (χ1v) is 34.4. The van der Waals surface area contributed by atoms with Crippen molar-refractivity contribution in [3.63, 3.8) is 0 Å². The van der Waals surface area contributed by atoms with Crippen LogP contribution in [0.3, 0.4) is 0 Å². The lowest BCUT2D eigenvalue weighted by Crippen LogP contribution is -2.30. The van der Waals surface area contributed by atoms with Crippen LogP contribution in [0.2, 0.25) is 0 Å². The van der Waals surface area contributed by atoms with Crippen molar-refractivity contribution in [2.45, 2.75) is 361 Å². The van der Waals surface area contributed by atoms with Gasteiger partial charge in [0, 0.05) is 12.8 Å². The third-order valence-corrected chi connectivity index (χ3v) is 15.2. The first kappa shape index (κ1) is 75.8. The Hall–Kier alpha value is -3.15. The van der Waals surface area contributed by atoms with Crippen LogP contribution in [0.25, 0.3) is 0 Å². The van der Waals surface area contributed by atoms with Gasteiger partial charge in [-0.2, -0.15) is 0 Å². The number of hydrogen-bond donors (Lipinski definition) is 0. The third-order valence-electron chi connectivity index (χ3n) is 15.2. The number of unbranched alkanes of at least 4 members (excludes halogenated alkanes) is 41. The Kier molecular flexibility index (Phi) is 64.7. The predicted molar refractivity (Wildman–Crippen MR) is 344 cm³/mol. The van der Waals surface area contributed by atoms with Gasteiger partial charge < -0.3 is 14.2 Å². The topological polar surface area (TPSA) is 78.9 Å². The molecule has 0 aromatic heterocycles. The molecule has 6 heteroatoms. The lowest BCUT2D eigenvalue weighted by Gasteiger charge is -2.18. The molecular weight excluding hydrogens is 973 g/mol. The quantitative estimate of drug-likeness (QED) is 0.0261. The zero-order valence-corrected chi connectivity index (χ0v) is 52.6. The zero-order valence-electron chi connectivity index (χ0n) is 52.6. The number of esters is 3. The molecular formula is C73H130O6. The molecule has 0 fully saturated rings. The van der Waals surface area contributed by atoms with E-state index in [4.69, 9.17) is 14.2 Å². The van der Waals surface area contributed by atoms with Gasteiger partial charge in [0.05, 0.1) is 6.42 Å². The SMILES string of the molecule is CC/C=C\C/C=C\C/C=C\C/C=C\C/C=C\CC(=O)OCC(COC(=O)CCCCCCCCCCCCCCCCCCC/C=C\CCCCCCCCCC)OC(=O)CCCCCCCCCCCCCCCCCCC. The maximum absolute atomic E-state index is 12.9. The van der Waals surface area contributed by atoms with Crippen LogP contribution in [0.15, 0.2) is 72.9 Å². The molecule has 458 valence electrons. The molecule has 0 aliphatic rings. The summed E-state index contributed by atoms with van der Waals surface area (Å²) in [4.78, 5) is 38.3. The average molecular weight is 1100 g/mol. The zero-order chi connectivity index (χ0) is 57.1. The first-order valence-electron chi connectivity index (χ1n) is 34.4. The van der Waals surface area contributed by atoms with Crippen LogP contribution < -0.4 is 0 Å². The summed E-state index contributed by atoms with van der Waals surface area (Å²) in [6, 6.07) is 0. The summed E-state index contributed by atoms with van der Waals surface area (Å²) in [5.41, 5.74) is 0. The highest BCUT2D eigenvalue weighted by molar-refractivity contribution is 5.72. The fraction of sp³-hybridized carbons (Fsp3) is 0.795. The molecule has 1 atom stereocenters. The molecule has 0 aromatic rings. The van der Waals surface area contributed by atoms with E-state index < -0.39 is 12.1 Å². The number of hydrogen-bond acceptors (Lipinski definition) is 6. The minimum atomic E-state index is -0.814. The smallest absolute Gasteiger partial charge is 0.309 e. The van der Waals surface area contributed by atoms with Crippen molar-refractivity contribution in [2.24, 2.45) is 0 Å². The summed E-state index contributed by atoms with van der Waals surface area (Å²) >= 11 is 0. The maximum Gasteiger partial charge on any atom is 0.309 e. The molecule has 0 aliphatic carbocycles. The van der Waals surface area contributed by atoms with E-state index in [1.807, 2.05) is 12.2 Å². The summed E-state index contributed by atoms with van der Waals surface area (Å²) in [6.07, 6.45) is 88.2. The van der Waals surface area contributed by atoms with Crippen molar-refractivity contribution < 1.29 is 28.6 Å². The van der Waals surface area contributed by atoms with Crippen LogP contribution in [0.1, 0.15) is 355 Å². The molecule has 0 saturated carbocycles. The Bertz CT molecular complexity index is 1450. The van der Waals surface area contributed by atoms with Crippen LogP contribution in [-0.2, 0) is 28.6 Å². The molecule has 0 bridgehead atoms. The van der Waals surface area contributed by atoms with E-state index in [0.717, 1.165) is 70.6 Å². The average Bonchev–Trinajstić information content (AvgIpc) is 3.45. The fourth-order valence-corrected chi connectivity index (χ4v) is 10.1. The second-order valence-electron chi connectivity index (χ2n) is 23.1. The van der Waals surface area contributed by atoms with Gasteiger partial charge in [0.2, 0.25) is 0 Å². The van der Waals surface area contributed by atoms with Crippen LogP contribution in [-0.4, -0.2) is 37.2 Å². The van der Waals surface area contributed by atoms with Crippen LogP contribution in [0, 0.1) is 0 Å². The molecule has 6 nitrogen and oxygen atoms in total. The van der Waals surface area contributed by atoms with Crippen molar-refractivity contribution in [2.75, 3.05) is 13.2 Å². The molecule has 0 saturated heterocycles. The molecule has 1 unspecified atom stereocenters. The summed E-state index contributed by atoms with van der Waals surface area (Å²) in [5, 5.41) is 0. The van der Waals surface area contributed by atoms with Crippen LogP contribution in [0.5, 0.6) is 0 Å². The number of ether oxygens (including phenoxy) is 3. The van der Waals surface area contributed by atoms with Crippen molar-refractivity contribution in [3.05, 3.63) is 72.9 Å². The van der Waals surface area contributed by atoms with Gasteiger partial charge >= 0.3 is 17.9 Å². The number of carbonyl (C=O) groups excluding carboxylic acids is 3. The summed E-state index contributed by atoms with van der Waals surface area (Å²) in [5.74, 6) is -1.02. The van der Waals surface area contributed by atoms with Gasteiger partial charge in [0.1, 0.15) is 13.2 Å². The first-order chi connectivity index (χ1) is 39.0. The molecule has 0 heterocycles. The van der Waals surface area contributed by atoms with Crippen molar-refractivity contribution in [3.8, 4) is 0 Å². The minimum absolute atomic E-state index is 0.101. The van der Waals surface area contributed by atoms with E-state index in [-0.39, 0.29) is 31.6 Å². The highest BCUT2D eigenvalue weighted by Gasteiger charge is 2.19. The van der Waals surface area contributed by atoms with Gasteiger partial charge in [-0.1, -0.05) is 338 Å². The van der Waals surface area contributed by atoms with E-state index in [2.05, 4.69) is 81.5 Å². The molecule has 0 amide bonds. The largest absolute Gasteiger partial charge is 0.462 e. The van der Waals surface area contributed by atoms with E-state index in [1.54, 1.807) is 0 Å². The van der Waals surface area contributed by atoms with Gasteiger partial charge in [0.25, 0.3) is 0 Å². The summed E-state index contributed by atoms with van der Waals surface area (Å²) < 4.78 is 16.9. The normalized spacial score (nSPS) is 12.5. The Balaban J connectivity index is 4.27. The Morgan fingerprint density at radius 1 is 0.278 bits per heavy atom. The number of rotatable bonds is 63. The van der Waals surface area contributed by atoms with E-state index in [1.165, 1.54) is 244 Å². The van der Waals surface area contributed by atoms with Crippen LogP contribution >= 0.6 is 0 Å². The fourth-order valence-electron chi connectivity index (χ4n) is 10.1. The third kappa shape index (κ3) is 65.5. The molecule has 0 aliphatic heterocycles. The van der Waals surface area contributed by atoms with Gasteiger partial charge in [-0.05, 0) is 70.6 Å². The molecule has 0 N–H and O–H groups in total. The predicted octanol–water partition coefficient (Wildman–Crippen LogP) is 23.7. The van der Waals surface area contributed by atoms with E-state index in [0.29, 0.717) is 12.8 Å². The minimum Gasteiger partial charge on any atom is -0.462 e. The molecule has 0 aromatic carbocycles. The van der Waals surface area contributed by atoms with Crippen molar-refractivity contribution >= 4 is 17.9 Å². The standard InChI is InChI=1S/C73H130O6/c1-4-7-10-13-16-19-22-25-28-30-31-32-33-34-35-36-37-38-39-40-41-43-45-48-51-54-57-60-63-66-72(75)78-69-70(68-77-71(74)65-62-59-56-53-50-47-44-27-24-21-18-15-12-9-6-3)79-73(76)67-64-61-58-55-52-49-46-42-29-26-23-20-17-14-11-8-5-2/h9,12,18,21,27,30-31,44,50,53,59,62,70H,4-8,10-11,13-17,19-20,22-26,28-29,32-43,45-49,51-52,54-58,60-61,63-69H2,1-3H3/b12-9-,21-18-,31-30-,44-27-,53-50-,62-59-. The highest BCUT2D eigenvalue weighted by atomic mass is 16.6. The van der Waals surface area contributed by atoms with E-state index in [9.17, 15) is 14.4 Å². The second kappa shape index (κ2) is 67.4. The molecule has 0 rings (SSSR count). The van der Waals surface area contributed by atoms with Gasteiger partial charge in [0.15, 0.2) is 6.10 Å². The van der Waals surface area contributed by atoms with Gasteiger partial charge in [-0.15, -0.1) is 0 Å². The molecule has 0 radical (unpaired) electrons. The Labute approximate surface area is 491 Å². The Morgan fingerprint density at radius 3 is 0.873 bits per heavy atom. The van der Waals surface area contributed by atoms with Gasteiger partial charge in [-0.3, -0.25) is 14.4 Å². The monoisotopic (exact) mass is 1100 g/mol. The number of allylic oxidation sites excluding steroid dienone is 11. The van der Waals surface area contributed by atoms with E-state index >= 15 is 0 Å². The number of carbonyl (C=O) groups is 3. The lowest BCUT2D eigenvalue weighted by molar-refractivity contribution is -0.166.